The van der Waals surface area contributed by atoms with E-state index < -0.39 is 11.6 Å². The summed E-state index contributed by atoms with van der Waals surface area (Å²) in [6.07, 6.45) is 8.40. The minimum Gasteiger partial charge on any atom is -0.450 e. The van der Waals surface area contributed by atoms with Crippen LogP contribution in [0.2, 0.25) is 0 Å². The SMILES string of the molecule is CSNc1ncc(Oc2ccc(F)cc2F)c(-c2cn(C)c(=O)c3c2CCCC3)n1. The van der Waals surface area contributed by atoms with Gasteiger partial charge in [-0.1, -0.05) is 11.9 Å². The second kappa shape index (κ2) is 8.43. The van der Waals surface area contributed by atoms with E-state index in [2.05, 4.69) is 14.7 Å². The van der Waals surface area contributed by atoms with E-state index in [0.717, 1.165) is 48.1 Å². The van der Waals surface area contributed by atoms with Crippen LogP contribution in [0.1, 0.15) is 24.0 Å². The molecule has 1 aliphatic carbocycles. The van der Waals surface area contributed by atoms with Crippen LogP contribution in [-0.4, -0.2) is 20.8 Å². The molecule has 0 fully saturated rings. The Kier molecular flexibility index (Phi) is 5.72. The second-order valence-electron chi connectivity index (χ2n) is 7.01. The molecule has 4 rings (SSSR count). The van der Waals surface area contributed by atoms with Gasteiger partial charge >= 0.3 is 0 Å². The maximum atomic E-state index is 14.2. The van der Waals surface area contributed by atoms with Crippen LogP contribution in [0.3, 0.4) is 0 Å². The van der Waals surface area contributed by atoms with Crippen molar-refractivity contribution in [3.05, 3.63) is 63.7 Å². The number of rotatable bonds is 5. The number of ether oxygens (including phenoxy) is 1. The fraction of sp³-hybridized carbons (Fsp3) is 0.286. The number of hydrogen-bond donors (Lipinski definition) is 1. The van der Waals surface area contributed by atoms with Gasteiger partial charge in [0.1, 0.15) is 11.5 Å². The number of aryl methyl sites for hydroxylation is 1. The van der Waals surface area contributed by atoms with E-state index >= 15 is 0 Å². The Balaban J connectivity index is 1.89. The van der Waals surface area contributed by atoms with Crippen molar-refractivity contribution in [3.8, 4) is 22.8 Å². The molecule has 0 radical (unpaired) electrons. The Morgan fingerprint density at radius 3 is 2.67 bits per heavy atom. The van der Waals surface area contributed by atoms with Crippen LogP contribution in [-0.2, 0) is 19.9 Å². The van der Waals surface area contributed by atoms with Crippen molar-refractivity contribution in [3.63, 3.8) is 0 Å². The molecule has 156 valence electrons. The Morgan fingerprint density at radius 2 is 1.93 bits per heavy atom. The number of aromatic nitrogens is 3. The van der Waals surface area contributed by atoms with Crippen LogP contribution in [0.5, 0.6) is 11.5 Å². The summed E-state index contributed by atoms with van der Waals surface area (Å²) < 4.78 is 37.7. The zero-order chi connectivity index (χ0) is 21.3. The first-order valence-corrected chi connectivity index (χ1v) is 10.7. The van der Waals surface area contributed by atoms with E-state index in [1.54, 1.807) is 13.2 Å². The van der Waals surface area contributed by atoms with Crippen LogP contribution in [0.25, 0.3) is 11.3 Å². The second-order valence-corrected chi connectivity index (χ2v) is 7.62. The summed E-state index contributed by atoms with van der Waals surface area (Å²) in [4.78, 5) is 21.4. The molecule has 2 aromatic heterocycles. The number of benzene rings is 1. The summed E-state index contributed by atoms with van der Waals surface area (Å²) >= 11 is 1.33. The van der Waals surface area contributed by atoms with E-state index in [4.69, 9.17) is 4.74 Å². The molecule has 0 amide bonds. The van der Waals surface area contributed by atoms with Gasteiger partial charge in [-0.3, -0.25) is 9.52 Å². The summed E-state index contributed by atoms with van der Waals surface area (Å²) in [7, 11) is 1.70. The highest BCUT2D eigenvalue weighted by molar-refractivity contribution is 7.99. The molecule has 0 atom stereocenters. The smallest absolute Gasteiger partial charge is 0.253 e. The lowest BCUT2D eigenvalue weighted by Gasteiger charge is -2.21. The maximum absolute atomic E-state index is 14.2. The number of nitrogens with zero attached hydrogens (tertiary/aromatic N) is 3. The van der Waals surface area contributed by atoms with Crippen LogP contribution in [0.15, 0.2) is 35.4 Å². The third-order valence-corrected chi connectivity index (χ3v) is 5.40. The molecule has 3 aromatic rings. The molecule has 6 nitrogen and oxygen atoms in total. The van der Waals surface area contributed by atoms with Gasteiger partial charge in [0, 0.05) is 36.7 Å². The molecule has 2 heterocycles. The van der Waals surface area contributed by atoms with E-state index in [-0.39, 0.29) is 17.1 Å². The molecule has 0 saturated carbocycles. The average Bonchev–Trinajstić information content (AvgIpc) is 2.74. The van der Waals surface area contributed by atoms with Crippen molar-refractivity contribution in [1.29, 1.82) is 0 Å². The van der Waals surface area contributed by atoms with Gasteiger partial charge in [-0.15, -0.1) is 0 Å². The number of halogens is 2. The first-order chi connectivity index (χ1) is 14.5. The van der Waals surface area contributed by atoms with Gasteiger partial charge in [-0.25, -0.2) is 18.7 Å². The van der Waals surface area contributed by atoms with Crippen LogP contribution in [0.4, 0.5) is 14.7 Å². The van der Waals surface area contributed by atoms with Gasteiger partial charge in [0.05, 0.1) is 6.20 Å². The van der Waals surface area contributed by atoms with Crippen molar-refractivity contribution in [1.82, 2.24) is 14.5 Å². The molecule has 9 heteroatoms. The molecule has 1 N–H and O–H groups in total. The third-order valence-electron chi connectivity index (χ3n) is 5.01. The molecule has 0 saturated heterocycles. The fourth-order valence-electron chi connectivity index (χ4n) is 3.64. The molecule has 1 aliphatic rings. The van der Waals surface area contributed by atoms with Crippen molar-refractivity contribution in [2.75, 3.05) is 11.0 Å². The van der Waals surface area contributed by atoms with Crippen molar-refractivity contribution < 1.29 is 13.5 Å². The normalized spacial score (nSPS) is 13.1. The Labute approximate surface area is 176 Å². The van der Waals surface area contributed by atoms with Gasteiger partial charge in [0.15, 0.2) is 17.3 Å². The highest BCUT2D eigenvalue weighted by Gasteiger charge is 2.23. The first kappa shape index (κ1) is 20.3. The highest BCUT2D eigenvalue weighted by atomic mass is 32.2. The Bertz CT molecular complexity index is 1170. The van der Waals surface area contributed by atoms with E-state index in [0.29, 0.717) is 18.1 Å². The van der Waals surface area contributed by atoms with Crippen LogP contribution < -0.4 is 15.0 Å². The predicted molar refractivity (Wildman–Crippen MR) is 113 cm³/mol. The van der Waals surface area contributed by atoms with E-state index in [1.807, 2.05) is 6.26 Å². The number of anilines is 1. The van der Waals surface area contributed by atoms with Gasteiger partial charge in [0.2, 0.25) is 5.95 Å². The van der Waals surface area contributed by atoms with Gasteiger partial charge in [-0.2, -0.15) is 0 Å². The summed E-state index contributed by atoms with van der Waals surface area (Å²) in [5.41, 5.74) is 2.88. The molecule has 0 spiro atoms. The predicted octanol–water partition coefficient (Wildman–Crippen LogP) is 4.48. The number of hydrogen-bond acceptors (Lipinski definition) is 6. The Hall–Kier alpha value is -2.94. The number of pyridine rings is 1. The summed E-state index contributed by atoms with van der Waals surface area (Å²) in [6.45, 7) is 0. The molecule has 0 aliphatic heterocycles. The molecule has 0 bridgehead atoms. The van der Waals surface area contributed by atoms with Crippen LogP contribution >= 0.6 is 11.9 Å². The van der Waals surface area contributed by atoms with E-state index in [9.17, 15) is 13.6 Å². The van der Waals surface area contributed by atoms with Gasteiger partial charge < -0.3 is 9.30 Å². The topological polar surface area (TPSA) is 69.0 Å². The third kappa shape index (κ3) is 3.89. The number of fused-ring (bicyclic) bond motifs is 1. The minimum absolute atomic E-state index is 0.0167. The van der Waals surface area contributed by atoms with Gasteiger partial charge in [-0.05, 0) is 43.4 Å². The number of nitrogens with one attached hydrogen (secondary N) is 1. The van der Waals surface area contributed by atoms with Crippen molar-refractivity contribution in [2.45, 2.75) is 25.7 Å². The lowest BCUT2D eigenvalue weighted by Crippen LogP contribution is -2.25. The minimum atomic E-state index is -0.824. The quantitative estimate of drug-likeness (QED) is 0.602. The standard InChI is InChI=1S/C21H20F2N4O2S/c1-27-11-15(13-5-3-4-6-14(13)20(27)28)19-18(10-24-21(25-19)26-30-2)29-17-8-7-12(22)9-16(17)23/h7-11H,3-6H2,1-2H3,(H,24,25,26). The zero-order valence-corrected chi connectivity index (χ0v) is 17.4. The van der Waals surface area contributed by atoms with Crippen LogP contribution in [0, 0.1) is 11.6 Å². The van der Waals surface area contributed by atoms with Gasteiger partial charge in [0.25, 0.3) is 5.56 Å². The van der Waals surface area contributed by atoms with E-state index in [1.165, 1.54) is 28.8 Å². The largest absolute Gasteiger partial charge is 0.450 e. The maximum Gasteiger partial charge on any atom is 0.253 e. The lowest BCUT2D eigenvalue weighted by molar-refractivity contribution is 0.436. The fourth-order valence-corrected chi connectivity index (χ4v) is 3.92. The molecular formula is C21H20F2N4O2S. The molecular weight excluding hydrogens is 410 g/mol. The Morgan fingerprint density at radius 1 is 1.17 bits per heavy atom. The lowest BCUT2D eigenvalue weighted by atomic mass is 9.88. The molecule has 1 aromatic carbocycles. The zero-order valence-electron chi connectivity index (χ0n) is 16.5. The summed E-state index contributed by atoms with van der Waals surface area (Å²) in [5.74, 6) is -1.07. The average molecular weight is 430 g/mol. The highest BCUT2D eigenvalue weighted by Crippen LogP contribution is 2.37. The monoisotopic (exact) mass is 430 g/mol. The summed E-state index contributed by atoms with van der Waals surface area (Å²) in [5, 5.41) is 0. The summed E-state index contributed by atoms with van der Waals surface area (Å²) in [6, 6.07) is 3.10. The van der Waals surface area contributed by atoms with Crippen molar-refractivity contribution >= 4 is 17.9 Å². The molecule has 0 unspecified atom stereocenters. The van der Waals surface area contributed by atoms with Crippen molar-refractivity contribution in [2.24, 2.45) is 7.05 Å². The molecule has 30 heavy (non-hydrogen) atoms. The first-order valence-electron chi connectivity index (χ1n) is 9.48.